The first kappa shape index (κ1) is 9.58. The van der Waals surface area contributed by atoms with Crippen molar-refractivity contribution in [2.45, 2.75) is 0 Å². The van der Waals surface area contributed by atoms with Crippen molar-refractivity contribution in [3.63, 3.8) is 0 Å². The van der Waals surface area contributed by atoms with Crippen LogP contribution in [0.3, 0.4) is 0 Å². The zero-order chi connectivity index (χ0) is 7.28. The van der Waals surface area contributed by atoms with E-state index in [9.17, 15) is 0 Å². The molecule has 0 heterocycles. The van der Waals surface area contributed by atoms with Crippen molar-refractivity contribution in [1.29, 1.82) is 0 Å². The maximum atomic E-state index is 4.17. The summed E-state index contributed by atoms with van der Waals surface area (Å²) in [6.07, 6.45) is 0. The van der Waals surface area contributed by atoms with Crippen LogP contribution in [0.4, 0.5) is 0 Å². The fourth-order valence-electron chi connectivity index (χ4n) is 0.178. The second kappa shape index (κ2) is 5.37. The standard InChI is InChI=1S/C4H14N3S2/c1-6(2)8-5-9-7(3)4/h8-9H,1-4H3/q+1. The minimum Gasteiger partial charge on any atom is -0.165 e. The van der Waals surface area contributed by atoms with Gasteiger partial charge in [0, 0.05) is 52.5 Å². The molecule has 56 valence electrons. The first-order valence-electron chi connectivity index (χ1n) is 2.59. The van der Waals surface area contributed by atoms with Crippen molar-refractivity contribution in [2.24, 2.45) is 0 Å². The number of thiol groups is 2. The first-order chi connectivity index (χ1) is 4.13. The van der Waals surface area contributed by atoms with Gasteiger partial charge in [-0.3, -0.25) is 0 Å². The molecule has 0 fully saturated rings. The van der Waals surface area contributed by atoms with Crippen LogP contribution < -0.4 is 0 Å². The summed E-state index contributed by atoms with van der Waals surface area (Å²) in [7, 11) is 7.99. The summed E-state index contributed by atoms with van der Waals surface area (Å²) in [6, 6.07) is 0. The summed E-state index contributed by atoms with van der Waals surface area (Å²) in [5.74, 6) is 0. The van der Waals surface area contributed by atoms with Crippen LogP contribution in [-0.2, 0) is 24.3 Å². The number of hydrogen-bond donors (Lipinski definition) is 0. The van der Waals surface area contributed by atoms with E-state index >= 15 is 0 Å². The van der Waals surface area contributed by atoms with Crippen LogP contribution in [0.25, 0.3) is 4.13 Å². The molecule has 5 heteroatoms. The molecule has 0 unspecified atom stereocenters. The van der Waals surface area contributed by atoms with Crippen molar-refractivity contribution < 1.29 is 0 Å². The molecule has 0 aromatic rings. The Balaban J connectivity index is 2.91. The Hall–Kier alpha value is 0.580. The quantitative estimate of drug-likeness (QED) is 0.427. The highest BCUT2D eigenvalue weighted by atomic mass is 32.2. The van der Waals surface area contributed by atoms with Gasteiger partial charge in [0.1, 0.15) is 0 Å². The summed E-state index contributed by atoms with van der Waals surface area (Å²) in [6.45, 7) is 0. The molecule has 3 nitrogen and oxygen atoms in total. The van der Waals surface area contributed by atoms with Gasteiger partial charge in [0.2, 0.25) is 0 Å². The molecule has 0 aromatic carbocycles. The molecule has 0 N–H and O–H groups in total. The zero-order valence-electron chi connectivity index (χ0n) is 6.24. The fraction of sp³-hybridized carbons (Fsp3) is 1.00. The monoisotopic (exact) mass is 168 g/mol. The molecule has 0 rings (SSSR count). The van der Waals surface area contributed by atoms with Crippen LogP contribution in [0.15, 0.2) is 0 Å². The van der Waals surface area contributed by atoms with E-state index in [2.05, 4.69) is 4.13 Å². The molecule has 0 aliphatic carbocycles. The van der Waals surface area contributed by atoms with Crippen molar-refractivity contribution in [3.05, 3.63) is 4.13 Å². The summed E-state index contributed by atoms with van der Waals surface area (Å²) in [5.41, 5.74) is 0. The van der Waals surface area contributed by atoms with Gasteiger partial charge in [0.25, 0.3) is 0 Å². The average Bonchev–Trinajstić information content (AvgIpc) is 1.63. The van der Waals surface area contributed by atoms with Crippen molar-refractivity contribution >= 4 is 24.3 Å². The van der Waals surface area contributed by atoms with Gasteiger partial charge in [-0.05, 0) is 0 Å². The van der Waals surface area contributed by atoms with Gasteiger partial charge in [0.15, 0.2) is 0 Å². The van der Waals surface area contributed by atoms with Crippen LogP contribution in [0, 0.1) is 0 Å². The lowest BCUT2D eigenvalue weighted by Gasteiger charge is -2.06. The number of hydrogen-bond acceptors (Lipinski definition) is 2. The second-order valence-electron chi connectivity index (χ2n) is 1.96. The first-order valence-corrected chi connectivity index (χ1v) is 4.19. The van der Waals surface area contributed by atoms with Gasteiger partial charge in [-0.25, -0.2) is 0 Å². The Kier molecular flexibility index (Phi) is 5.72. The van der Waals surface area contributed by atoms with E-state index in [1.54, 1.807) is 0 Å². The Labute approximate surface area is 65.7 Å². The lowest BCUT2D eigenvalue weighted by molar-refractivity contribution is 0.698. The predicted octanol–water partition coefficient (Wildman–Crippen LogP) is -0.227. The molecular formula is C4H14N3S2+. The van der Waals surface area contributed by atoms with Gasteiger partial charge in [-0.2, -0.15) is 4.13 Å². The fourth-order valence-corrected chi connectivity index (χ4v) is 1.60. The Morgan fingerprint density at radius 1 is 0.889 bits per heavy atom. The second-order valence-corrected chi connectivity index (χ2v) is 4.64. The van der Waals surface area contributed by atoms with E-state index in [4.69, 9.17) is 0 Å². The van der Waals surface area contributed by atoms with Gasteiger partial charge in [0.05, 0.1) is 0 Å². The molecule has 0 saturated heterocycles. The highest BCUT2D eigenvalue weighted by molar-refractivity contribution is 7.97. The van der Waals surface area contributed by atoms with E-state index < -0.39 is 0 Å². The maximum Gasteiger partial charge on any atom is 0.0317 e. The van der Waals surface area contributed by atoms with Crippen LogP contribution >= 0.6 is 0 Å². The molecule has 0 spiro atoms. The highest BCUT2D eigenvalue weighted by Crippen LogP contribution is 1.95. The van der Waals surface area contributed by atoms with Gasteiger partial charge in [-0.15, -0.1) is 8.61 Å². The molecule has 0 aromatic heterocycles. The van der Waals surface area contributed by atoms with Crippen LogP contribution in [0.2, 0.25) is 0 Å². The number of nitrogens with zero attached hydrogens (tertiary/aromatic N) is 3. The zero-order valence-corrected chi connectivity index (χ0v) is 8.02. The maximum absolute atomic E-state index is 4.17. The third-order valence-corrected chi connectivity index (χ3v) is 1.79. The third-order valence-electron chi connectivity index (χ3n) is 0.438. The Morgan fingerprint density at radius 2 is 1.22 bits per heavy atom. The summed E-state index contributed by atoms with van der Waals surface area (Å²) in [5, 5.41) is 0. The molecule has 0 radical (unpaired) electrons. The van der Waals surface area contributed by atoms with E-state index in [1.807, 2.05) is 36.8 Å². The lowest BCUT2D eigenvalue weighted by Crippen LogP contribution is -2.13. The minimum atomic E-state index is 1.02. The molecule has 0 atom stereocenters. The van der Waals surface area contributed by atoms with Crippen LogP contribution in [0.5, 0.6) is 0 Å². The molecular weight excluding hydrogens is 154 g/mol. The van der Waals surface area contributed by atoms with Crippen LogP contribution in [0.1, 0.15) is 0 Å². The summed E-state index contributed by atoms with van der Waals surface area (Å²) in [4.78, 5) is 0. The molecule has 0 saturated carbocycles. The predicted molar refractivity (Wildman–Crippen MR) is 48.3 cm³/mol. The van der Waals surface area contributed by atoms with E-state index in [0.717, 1.165) is 24.3 Å². The smallest absolute Gasteiger partial charge is 0.0317 e. The summed E-state index contributed by atoms with van der Waals surface area (Å²) < 4.78 is 8.19. The van der Waals surface area contributed by atoms with Crippen LogP contribution in [-0.4, -0.2) is 36.8 Å². The van der Waals surface area contributed by atoms with E-state index in [0.29, 0.717) is 0 Å². The normalized spacial score (nSPS) is 11.3. The number of rotatable bonds is 4. The lowest BCUT2D eigenvalue weighted by atomic mass is 11.3. The van der Waals surface area contributed by atoms with Crippen molar-refractivity contribution in [2.75, 3.05) is 28.2 Å². The van der Waals surface area contributed by atoms with Gasteiger partial charge < -0.3 is 0 Å². The topological polar surface area (TPSA) is 20.6 Å². The average molecular weight is 168 g/mol. The Bertz CT molecular complexity index is 58.8. The Morgan fingerprint density at radius 3 is 1.44 bits per heavy atom. The molecule has 0 aliphatic rings. The van der Waals surface area contributed by atoms with E-state index in [1.165, 1.54) is 0 Å². The molecule has 0 aliphatic heterocycles. The minimum absolute atomic E-state index is 1.02. The van der Waals surface area contributed by atoms with E-state index in [-0.39, 0.29) is 0 Å². The third kappa shape index (κ3) is 8.58. The molecule has 9 heavy (non-hydrogen) atoms. The molecule has 0 bridgehead atoms. The van der Waals surface area contributed by atoms with Crippen molar-refractivity contribution in [1.82, 2.24) is 8.61 Å². The van der Waals surface area contributed by atoms with Gasteiger partial charge in [-0.1, -0.05) is 0 Å². The van der Waals surface area contributed by atoms with Crippen molar-refractivity contribution in [3.8, 4) is 0 Å². The highest BCUT2D eigenvalue weighted by Gasteiger charge is 1.95. The molecule has 0 amide bonds. The van der Waals surface area contributed by atoms with Gasteiger partial charge >= 0.3 is 0 Å². The largest absolute Gasteiger partial charge is 0.165 e. The SMILES string of the molecule is CN(C)[SH+][N-][SH+]N(C)C. The summed E-state index contributed by atoms with van der Waals surface area (Å²) >= 11 is 2.05.